The van der Waals surface area contributed by atoms with Crippen LogP contribution < -0.4 is 10.5 Å². The third-order valence-corrected chi connectivity index (χ3v) is 3.14. The van der Waals surface area contributed by atoms with E-state index in [0.717, 1.165) is 11.1 Å². The summed E-state index contributed by atoms with van der Waals surface area (Å²) in [5, 5.41) is 0. The monoisotopic (exact) mass is 285 g/mol. The van der Waals surface area contributed by atoms with Crippen molar-refractivity contribution < 1.29 is 4.74 Å². The Bertz CT molecular complexity index is 829. The number of ether oxygens (including phenoxy) is 1. The fourth-order valence-electron chi connectivity index (χ4n) is 2.01. The largest absolute Gasteiger partial charge is 0.454 e. The van der Waals surface area contributed by atoms with E-state index in [9.17, 15) is 0 Å². The van der Waals surface area contributed by atoms with Crippen LogP contribution in [0.4, 0.5) is 5.69 Å². The summed E-state index contributed by atoms with van der Waals surface area (Å²) >= 11 is 0. The summed E-state index contributed by atoms with van der Waals surface area (Å²) in [7, 11) is 0. The topological polar surface area (TPSA) is 35.2 Å². The standard InChI is InChI=1S/C20H15NO/c21-18-11-5-7-13-20(18)22-19-12-6-4-10-17(19)15-14-16-8-2-1-3-9-16/h1-13H,21H2. The van der Waals surface area contributed by atoms with Crippen molar-refractivity contribution in [2.45, 2.75) is 0 Å². The normalized spacial score (nSPS) is 9.64. The second-order valence-corrected chi connectivity index (χ2v) is 4.75. The number of rotatable bonds is 2. The Morgan fingerprint density at radius 3 is 2.05 bits per heavy atom. The number of para-hydroxylation sites is 3. The van der Waals surface area contributed by atoms with Gasteiger partial charge in [0.1, 0.15) is 11.5 Å². The van der Waals surface area contributed by atoms with Gasteiger partial charge in [-0.3, -0.25) is 0 Å². The van der Waals surface area contributed by atoms with E-state index in [-0.39, 0.29) is 0 Å². The highest BCUT2D eigenvalue weighted by Gasteiger charge is 2.04. The minimum atomic E-state index is 0.605. The predicted octanol–water partition coefficient (Wildman–Crippen LogP) is 4.46. The van der Waals surface area contributed by atoms with Gasteiger partial charge in [-0.1, -0.05) is 54.3 Å². The van der Waals surface area contributed by atoms with Gasteiger partial charge in [0.15, 0.2) is 0 Å². The molecule has 0 radical (unpaired) electrons. The molecule has 2 N–H and O–H groups in total. The lowest BCUT2D eigenvalue weighted by Crippen LogP contribution is -1.93. The van der Waals surface area contributed by atoms with E-state index in [1.165, 1.54) is 0 Å². The molecule has 0 spiro atoms. The first-order valence-electron chi connectivity index (χ1n) is 7.01. The zero-order valence-electron chi connectivity index (χ0n) is 12.0. The molecule has 0 aliphatic carbocycles. The highest BCUT2D eigenvalue weighted by molar-refractivity contribution is 5.56. The van der Waals surface area contributed by atoms with Crippen LogP contribution >= 0.6 is 0 Å². The Labute approximate surface area is 130 Å². The molecule has 106 valence electrons. The Hall–Kier alpha value is -3.18. The molecule has 3 aromatic rings. The van der Waals surface area contributed by atoms with Crippen molar-refractivity contribution in [1.29, 1.82) is 0 Å². The minimum absolute atomic E-state index is 0.605. The molecule has 0 aliphatic rings. The van der Waals surface area contributed by atoms with Crippen LogP contribution in [0, 0.1) is 11.8 Å². The molecule has 0 fully saturated rings. The lowest BCUT2D eigenvalue weighted by molar-refractivity contribution is 0.483. The maximum Gasteiger partial charge on any atom is 0.150 e. The van der Waals surface area contributed by atoms with Crippen molar-refractivity contribution in [3.8, 4) is 23.3 Å². The third-order valence-electron chi connectivity index (χ3n) is 3.14. The molecule has 0 aromatic heterocycles. The first kappa shape index (κ1) is 13.8. The molecule has 2 heteroatoms. The van der Waals surface area contributed by atoms with E-state index in [2.05, 4.69) is 11.8 Å². The van der Waals surface area contributed by atoms with Crippen LogP contribution in [0.1, 0.15) is 11.1 Å². The van der Waals surface area contributed by atoms with Gasteiger partial charge in [0, 0.05) is 5.56 Å². The quantitative estimate of drug-likeness (QED) is 0.557. The van der Waals surface area contributed by atoms with Crippen molar-refractivity contribution in [3.63, 3.8) is 0 Å². The molecule has 2 nitrogen and oxygen atoms in total. The molecule has 0 saturated heterocycles. The highest BCUT2D eigenvalue weighted by atomic mass is 16.5. The summed E-state index contributed by atoms with van der Waals surface area (Å²) in [5.41, 5.74) is 8.32. The van der Waals surface area contributed by atoms with Gasteiger partial charge in [0.25, 0.3) is 0 Å². The molecule has 0 aliphatic heterocycles. The van der Waals surface area contributed by atoms with Gasteiger partial charge in [0.2, 0.25) is 0 Å². The fraction of sp³-hybridized carbons (Fsp3) is 0. The Kier molecular flexibility index (Phi) is 4.08. The number of anilines is 1. The van der Waals surface area contributed by atoms with Crippen LogP contribution in [0.25, 0.3) is 0 Å². The zero-order chi connectivity index (χ0) is 15.2. The van der Waals surface area contributed by atoms with Crippen LogP contribution in [0.15, 0.2) is 78.9 Å². The molecule has 22 heavy (non-hydrogen) atoms. The van der Waals surface area contributed by atoms with Crippen LogP contribution in [-0.4, -0.2) is 0 Å². The molecule has 0 heterocycles. The third kappa shape index (κ3) is 3.28. The van der Waals surface area contributed by atoms with Crippen molar-refractivity contribution in [2.24, 2.45) is 0 Å². The summed E-state index contributed by atoms with van der Waals surface area (Å²) in [5.74, 6) is 7.63. The molecule has 0 amide bonds. The van der Waals surface area contributed by atoms with E-state index in [1.54, 1.807) is 0 Å². The molecule has 3 rings (SSSR count). The molecule has 0 unspecified atom stereocenters. The van der Waals surface area contributed by atoms with Gasteiger partial charge in [-0.2, -0.15) is 0 Å². The number of hydrogen-bond acceptors (Lipinski definition) is 2. The Morgan fingerprint density at radius 2 is 1.27 bits per heavy atom. The number of nitrogen functional groups attached to an aromatic ring is 1. The van der Waals surface area contributed by atoms with Gasteiger partial charge in [-0.05, 0) is 36.4 Å². The van der Waals surface area contributed by atoms with Gasteiger partial charge >= 0.3 is 0 Å². The molecule has 0 atom stereocenters. The van der Waals surface area contributed by atoms with Gasteiger partial charge in [-0.25, -0.2) is 0 Å². The van der Waals surface area contributed by atoms with E-state index in [4.69, 9.17) is 10.5 Å². The first-order valence-corrected chi connectivity index (χ1v) is 7.01. The molecule has 0 saturated carbocycles. The van der Waals surface area contributed by atoms with Crippen molar-refractivity contribution in [3.05, 3.63) is 90.0 Å². The maximum absolute atomic E-state index is 5.92. The lowest BCUT2D eigenvalue weighted by Gasteiger charge is -2.09. The van der Waals surface area contributed by atoms with Crippen LogP contribution in [-0.2, 0) is 0 Å². The van der Waals surface area contributed by atoms with Crippen molar-refractivity contribution in [2.75, 3.05) is 5.73 Å². The SMILES string of the molecule is Nc1ccccc1Oc1ccccc1C#Cc1ccccc1. The van der Waals surface area contributed by atoms with Crippen LogP contribution in [0.3, 0.4) is 0 Å². The summed E-state index contributed by atoms with van der Waals surface area (Å²) in [4.78, 5) is 0. The Morgan fingerprint density at radius 1 is 0.636 bits per heavy atom. The molecular weight excluding hydrogens is 270 g/mol. The maximum atomic E-state index is 5.92. The summed E-state index contributed by atoms with van der Waals surface area (Å²) in [6.07, 6.45) is 0. The van der Waals surface area contributed by atoms with E-state index < -0.39 is 0 Å². The second-order valence-electron chi connectivity index (χ2n) is 4.75. The van der Waals surface area contributed by atoms with Crippen LogP contribution in [0.5, 0.6) is 11.5 Å². The first-order chi connectivity index (χ1) is 10.8. The van der Waals surface area contributed by atoms with Crippen LogP contribution in [0.2, 0.25) is 0 Å². The Balaban J connectivity index is 1.91. The van der Waals surface area contributed by atoms with Gasteiger partial charge in [-0.15, -0.1) is 0 Å². The number of nitrogens with two attached hydrogens (primary N) is 1. The van der Waals surface area contributed by atoms with E-state index in [1.807, 2.05) is 78.9 Å². The summed E-state index contributed by atoms with van der Waals surface area (Å²) < 4.78 is 5.90. The highest BCUT2D eigenvalue weighted by Crippen LogP contribution is 2.28. The zero-order valence-corrected chi connectivity index (χ0v) is 12.0. The average Bonchev–Trinajstić information content (AvgIpc) is 2.57. The smallest absolute Gasteiger partial charge is 0.150 e. The molecular formula is C20H15NO. The predicted molar refractivity (Wildman–Crippen MR) is 89.8 cm³/mol. The van der Waals surface area contributed by atoms with E-state index in [0.29, 0.717) is 17.2 Å². The van der Waals surface area contributed by atoms with Gasteiger partial charge in [0.05, 0.1) is 11.3 Å². The van der Waals surface area contributed by atoms with Gasteiger partial charge < -0.3 is 10.5 Å². The van der Waals surface area contributed by atoms with Crippen molar-refractivity contribution in [1.82, 2.24) is 0 Å². The second kappa shape index (κ2) is 6.51. The lowest BCUT2D eigenvalue weighted by atomic mass is 10.1. The molecule has 0 bridgehead atoms. The molecule has 3 aromatic carbocycles. The number of hydrogen-bond donors (Lipinski definition) is 1. The minimum Gasteiger partial charge on any atom is -0.454 e. The van der Waals surface area contributed by atoms with E-state index >= 15 is 0 Å². The fourth-order valence-corrected chi connectivity index (χ4v) is 2.01. The average molecular weight is 285 g/mol. The van der Waals surface area contributed by atoms with Crippen molar-refractivity contribution >= 4 is 5.69 Å². The summed E-state index contributed by atoms with van der Waals surface area (Å²) in [6, 6.07) is 25.0. The summed E-state index contributed by atoms with van der Waals surface area (Å²) in [6.45, 7) is 0. The number of benzene rings is 3.